The summed E-state index contributed by atoms with van der Waals surface area (Å²) in [5.74, 6) is 0.0970. The second-order valence-corrected chi connectivity index (χ2v) is 6.13. The van der Waals surface area contributed by atoms with Crippen molar-refractivity contribution in [2.75, 3.05) is 5.75 Å². The van der Waals surface area contributed by atoms with E-state index >= 15 is 0 Å². The number of rotatable bonds is 6. The number of nitrogens with zero attached hydrogens (tertiary/aromatic N) is 3. The maximum Gasteiger partial charge on any atom is 0.313 e. The Morgan fingerprint density at radius 3 is 2.50 bits per heavy atom. The molecule has 102 valence electrons. The van der Waals surface area contributed by atoms with Crippen molar-refractivity contribution in [1.29, 1.82) is 0 Å². The highest BCUT2D eigenvalue weighted by Crippen LogP contribution is 2.30. The van der Waals surface area contributed by atoms with E-state index in [4.69, 9.17) is 5.11 Å². The number of aromatic nitrogens is 3. The van der Waals surface area contributed by atoms with Crippen LogP contribution in [0.2, 0.25) is 0 Å². The first-order valence-electron chi connectivity index (χ1n) is 6.09. The Kier molecular flexibility index (Phi) is 4.78. The Labute approximate surface area is 112 Å². The maximum absolute atomic E-state index is 10.6. The van der Waals surface area contributed by atoms with E-state index in [1.807, 2.05) is 4.57 Å². The van der Waals surface area contributed by atoms with Gasteiger partial charge in [0.05, 0.1) is 5.75 Å². The predicted octanol–water partition coefficient (Wildman–Crippen LogP) is 2.72. The van der Waals surface area contributed by atoms with Crippen LogP contribution in [0.5, 0.6) is 0 Å². The summed E-state index contributed by atoms with van der Waals surface area (Å²) in [7, 11) is 0. The van der Waals surface area contributed by atoms with Gasteiger partial charge in [-0.2, -0.15) is 0 Å². The molecule has 0 fully saturated rings. The Morgan fingerprint density at radius 2 is 2.06 bits per heavy atom. The SMILES string of the molecule is CCC(C)(C)c1nnc(SCC(=O)O)n1C(C)C. The molecule has 1 aromatic heterocycles. The molecule has 0 unspecified atom stereocenters. The summed E-state index contributed by atoms with van der Waals surface area (Å²) in [5.41, 5.74) is -0.0562. The summed E-state index contributed by atoms with van der Waals surface area (Å²) in [6, 6.07) is 0.220. The fourth-order valence-corrected chi connectivity index (χ4v) is 2.37. The average Bonchev–Trinajstić information content (AvgIpc) is 2.70. The zero-order valence-corrected chi connectivity index (χ0v) is 12.4. The van der Waals surface area contributed by atoms with Crippen LogP contribution in [-0.4, -0.2) is 31.6 Å². The van der Waals surface area contributed by atoms with E-state index < -0.39 is 5.97 Å². The normalized spacial score (nSPS) is 12.1. The second kappa shape index (κ2) is 5.73. The molecule has 1 heterocycles. The summed E-state index contributed by atoms with van der Waals surface area (Å²) in [4.78, 5) is 10.6. The van der Waals surface area contributed by atoms with Gasteiger partial charge in [-0.05, 0) is 20.3 Å². The fourth-order valence-electron chi connectivity index (χ4n) is 1.59. The van der Waals surface area contributed by atoms with Crippen LogP contribution in [0.4, 0.5) is 0 Å². The monoisotopic (exact) mass is 271 g/mol. The first-order valence-corrected chi connectivity index (χ1v) is 7.08. The zero-order valence-electron chi connectivity index (χ0n) is 11.6. The standard InChI is InChI=1S/C12H21N3O2S/c1-6-12(4,5)10-13-14-11(15(10)8(2)3)18-7-9(16)17/h8H,6-7H2,1-5H3,(H,16,17). The van der Waals surface area contributed by atoms with Crippen LogP contribution in [0, 0.1) is 0 Å². The van der Waals surface area contributed by atoms with Gasteiger partial charge in [-0.3, -0.25) is 4.79 Å². The van der Waals surface area contributed by atoms with E-state index in [1.165, 1.54) is 11.8 Å². The van der Waals surface area contributed by atoms with Crippen molar-refractivity contribution in [3.63, 3.8) is 0 Å². The third-order valence-electron chi connectivity index (χ3n) is 2.99. The highest BCUT2D eigenvalue weighted by Gasteiger charge is 2.28. The van der Waals surface area contributed by atoms with Gasteiger partial charge in [0.15, 0.2) is 5.16 Å². The van der Waals surface area contributed by atoms with E-state index in [9.17, 15) is 4.79 Å². The van der Waals surface area contributed by atoms with Gasteiger partial charge in [0, 0.05) is 11.5 Å². The number of hydrogen-bond acceptors (Lipinski definition) is 4. The third-order valence-corrected chi connectivity index (χ3v) is 3.92. The Morgan fingerprint density at radius 1 is 1.44 bits per heavy atom. The molecule has 6 heteroatoms. The largest absolute Gasteiger partial charge is 0.481 e. The van der Waals surface area contributed by atoms with Gasteiger partial charge in [-0.25, -0.2) is 0 Å². The Hall–Kier alpha value is -1.04. The minimum atomic E-state index is -0.838. The van der Waals surface area contributed by atoms with Gasteiger partial charge < -0.3 is 9.67 Å². The number of thioether (sulfide) groups is 1. The van der Waals surface area contributed by atoms with Crippen LogP contribution in [0.25, 0.3) is 0 Å². The van der Waals surface area contributed by atoms with Crippen LogP contribution in [0.1, 0.15) is 52.9 Å². The lowest BCUT2D eigenvalue weighted by Crippen LogP contribution is -2.23. The summed E-state index contributed by atoms with van der Waals surface area (Å²) >= 11 is 1.22. The molecule has 5 nitrogen and oxygen atoms in total. The van der Waals surface area contributed by atoms with Crippen LogP contribution in [0.3, 0.4) is 0 Å². The van der Waals surface area contributed by atoms with Crippen molar-refractivity contribution in [1.82, 2.24) is 14.8 Å². The molecule has 0 atom stereocenters. The fraction of sp³-hybridized carbons (Fsp3) is 0.750. The van der Waals surface area contributed by atoms with E-state index in [-0.39, 0.29) is 17.2 Å². The van der Waals surface area contributed by atoms with Gasteiger partial charge in [0.25, 0.3) is 0 Å². The van der Waals surface area contributed by atoms with E-state index in [2.05, 4.69) is 44.8 Å². The van der Waals surface area contributed by atoms with Gasteiger partial charge in [0.2, 0.25) is 0 Å². The quantitative estimate of drug-likeness (QED) is 0.806. The minimum Gasteiger partial charge on any atom is -0.481 e. The molecule has 1 aromatic rings. The van der Waals surface area contributed by atoms with Crippen molar-refractivity contribution in [2.24, 2.45) is 0 Å². The molecule has 0 bridgehead atoms. The van der Waals surface area contributed by atoms with Crippen molar-refractivity contribution in [2.45, 2.75) is 57.7 Å². The second-order valence-electron chi connectivity index (χ2n) is 5.19. The molecule has 0 spiro atoms. The molecule has 1 N–H and O–H groups in total. The van der Waals surface area contributed by atoms with Crippen molar-refractivity contribution < 1.29 is 9.90 Å². The molecule has 0 saturated heterocycles. The highest BCUT2D eigenvalue weighted by atomic mass is 32.2. The number of aliphatic carboxylic acids is 1. The Balaban J connectivity index is 3.11. The summed E-state index contributed by atoms with van der Waals surface area (Å²) in [6.45, 7) is 10.5. The van der Waals surface area contributed by atoms with Crippen LogP contribution in [0.15, 0.2) is 5.16 Å². The molecule has 1 rings (SSSR count). The molecule has 0 aromatic carbocycles. The summed E-state index contributed by atoms with van der Waals surface area (Å²) in [6.07, 6.45) is 0.960. The third kappa shape index (κ3) is 3.25. The van der Waals surface area contributed by atoms with Gasteiger partial charge in [0.1, 0.15) is 5.82 Å². The van der Waals surface area contributed by atoms with Gasteiger partial charge in [-0.15, -0.1) is 10.2 Å². The molecule has 0 saturated carbocycles. The van der Waals surface area contributed by atoms with Gasteiger partial charge in [-0.1, -0.05) is 32.5 Å². The van der Waals surface area contributed by atoms with Gasteiger partial charge >= 0.3 is 5.97 Å². The first-order chi connectivity index (χ1) is 8.29. The minimum absolute atomic E-state index is 0.0113. The zero-order chi connectivity index (χ0) is 13.9. The molecular formula is C12H21N3O2S. The Bertz CT molecular complexity index is 427. The van der Waals surface area contributed by atoms with E-state index in [0.717, 1.165) is 12.2 Å². The molecule has 18 heavy (non-hydrogen) atoms. The lowest BCUT2D eigenvalue weighted by atomic mass is 9.89. The van der Waals surface area contributed by atoms with Crippen LogP contribution in [-0.2, 0) is 10.2 Å². The number of carbonyl (C=O) groups is 1. The molecule has 0 aliphatic heterocycles. The summed E-state index contributed by atoms with van der Waals surface area (Å²) in [5, 5.41) is 17.8. The number of carboxylic acid groups (broad SMARTS) is 1. The van der Waals surface area contributed by atoms with Crippen molar-refractivity contribution in [3.05, 3.63) is 5.82 Å². The van der Waals surface area contributed by atoms with E-state index in [0.29, 0.717) is 5.16 Å². The lowest BCUT2D eigenvalue weighted by molar-refractivity contribution is -0.133. The summed E-state index contributed by atoms with van der Waals surface area (Å²) < 4.78 is 2.04. The maximum atomic E-state index is 10.6. The van der Waals surface area contributed by atoms with Crippen molar-refractivity contribution in [3.8, 4) is 0 Å². The molecule has 0 amide bonds. The molecule has 0 aliphatic carbocycles. The smallest absolute Gasteiger partial charge is 0.313 e. The topological polar surface area (TPSA) is 68.0 Å². The predicted molar refractivity (Wildman–Crippen MR) is 72.1 cm³/mol. The number of carboxylic acids is 1. The molecular weight excluding hydrogens is 250 g/mol. The van der Waals surface area contributed by atoms with Crippen LogP contribution >= 0.6 is 11.8 Å². The molecule has 0 aliphatic rings. The molecule has 0 radical (unpaired) electrons. The van der Waals surface area contributed by atoms with Crippen molar-refractivity contribution >= 4 is 17.7 Å². The van der Waals surface area contributed by atoms with Crippen LogP contribution < -0.4 is 0 Å². The first kappa shape index (κ1) is 15.0. The highest BCUT2D eigenvalue weighted by molar-refractivity contribution is 7.99. The number of hydrogen-bond donors (Lipinski definition) is 1. The average molecular weight is 271 g/mol. The lowest BCUT2D eigenvalue weighted by Gasteiger charge is -2.24. The van der Waals surface area contributed by atoms with E-state index in [1.54, 1.807) is 0 Å².